The molecular weight excluding hydrogens is 473 g/mol. The Morgan fingerprint density at radius 1 is 0.559 bits per heavy atom. The molecule has 0 saturated heterocycles. The SMILES string of the molecule is O=S(=O)(c1ccccc1)N(C(CF)c1ccc(-c2ccccc2)cc1)S(=O)(=O)c1ccccc1. The fourth-order valence-electron chi connectivity index (χ4n) is 3.65. The normalized spacial score (nSPS) is 13.0. The zero-order chi connectivity index (χ0) is 24.2. The molecule has 0 spiro atoms. The molecule has 4 aromatic rings. The van der Waals surface area contributed by atoms with Crippen LogP contribution in [0.4, 0.5) is 4.39 Å². The number of hydrogen-bond donors (Lipinski definition) is 0. The molecule has 0 radical (unpaired) electrons. The van der Waals surface area contributed by atoms with Crippen LogP contribution >= 0.6 is 0 Å². The lowest BCUT2D eigenvalue weighted by molar-refractivity contribution is 0.339. The van der Waals surface area contributed by atoms with Crippen LogP contribution < -0.4 is 0 Å². The Kier molecular flexibility index (Phi) is 6.92. The summed E-state index contributed by atoms with van der Waals surface area (Å²) in [5, 5.41) is 0. The summed E-state index contributed by atoms with van der Waals surface area (Å²) in [5.74, 6) is 0. The highest BCUT2D eigenvalue weighted by Gasteiger charge is 2.43. The molecule has 174 valence electrons. The maximum Gasteiger partial charge on any atom is 0.257 e. The van der Waals surface area contributed by atoms with Gasteiger partial charge in [-0.15, -0.1) is 0 Å². The van der Waals surface area contributed by atoms with Gasteiger partial charge in [-0.2, -0.15) is 0 Å². The summed E-state index contributed by atoms with van der Waals surface area (Å²) in [4.78, 5) is -0.484. The first-order chi connectivity index (χ1) is 16.4. The molecule has 0 aliphatic heterocycles. The largest absolute Gasteiger partial charge is 0.257 e. The van der Waals surface area contributed by atoms with E-state index >= 15 is 0 Å². The van der Waals surface area contributed by atoms with Crippen LogP contribution in [0, 0.1) is 0 Å². The van der Waals surface area contributed by atoms with Gasteiger partial charge in [-0.3, -0.25) is 0 Å². The predicted molar refractivity (Wildman–Crippen MR) is 130 cm³/mol. The Bertz CT molecular complexity index is 1370. The van der Waals surface area contributed by atoms with Gasteiger partial charge in [0.15, 0.2) is 0 Å². The molecule has 0 aromatic heterocycles. The van der Waals surface area contributed by atoms with Gasteiger partial charge in [0.05, 0.1) is 15.8 Å². The minimum atomic E-state index is -4.62. The molecule has 0 heterocycles. The van der Waals surface area contributed by atoms with E-state index in [2.05, 4.69) is 0 Å². The van der Waals surface area contributed by atoms with Gasteiger partial charge in [0.25, 0.3) is 20.0 Å². The lowest BCUT2D eigenvalue weighted by atomic mass is 10.0. The zero-order valence-corrected chi connectivity index (χ0v) is 19.7. The monoisotopic (exact) mass is 495 g/mol. The number of rotatable bonds is 8. The molecule has 0 amide bonds. The van der Waals surface area contributed by atoms with Gasteiger partial charge in [-0.25, -0.2) is 21.2 Å². The van der Waals surface area contributed by atoms with Crippen molar-refractivity contribution in [1.82, 2.24) is 3.71 Å². The summed E-state index contributed by atoms with van der Waals surface area (Å²) in [5.41, 5.74) is 1.99. The summed E-state index contributed by atoms with van der Waals surface area (Å²) in [6.45, 7) is -1.23. The Morgan fingerprint density at radius 2 is 0.941 bits per heavy atom. The van der Waals surface area contributed by atoms with Gasteiger partial charge >= 0.3 is 0 Å². The highest BCUT2D eigenvalue weighted by molar-refractivity contribution is 8.04. The molecule has 0 aliphatic rings. The van der Waals surface area contributed by atoms with E-state index in [1.807, 2.05) is 30.3 Å². The van der Waals surface area contributed by atoms with Crippen LogP contribution in [0.1, 0.15) is 11.6 Å². The second kappa shape index (κ2) is 9.89. The van der Waals surface area contributed by atoms with Gasteiger partial charge in [-0.1, -0.05) is 94.7 Å². The Morgan fingerprint density at radius 3 is 1.35 bits per heavy atom. The first-order valence-electron chi connectivity index (χ1n) is 10.5. The van der Waals surface area contributed by atoms with E-state index in [9.17, 15) is 21.2 Å². The number of hydrogen-bond acceptors (Lipinski definition) is 4. The zero-order valence-electron chi connectivity index (χ0n) is 18.0. The number of benzene rings is 4. The van der Waals surface area contributed by atoms with Gasteiger partial charge in [-0.05, 0) is 41.0 Å². The Balaban J connectivity index is 1.85. The third kappa shape index (κ3) is 4.65. The van der Waals surface area contributed by atoms with Crippen LogP contribution in [0.3, 0.4) is 0 Å². The van der Waals surface area contributed by atoms with Crippen molar-refractivity contribution in [3.8, 4) is 11.1 Å². The van der Waals surface area contributed by atoms with Crippen molar-refractivity contribution in [1.29, 1.82) is 0 Å². The van der Waals surface area contributed by atoms with Crippen LogP contribution in [0.5, 0.6) is 0 Å². The van der Waals surface area contributed by atoms with Gasteiger partial charge in [0.1, 0.15) is 6.67 Å². The second-order valence-electron chi connectivity index (χ2n) is 7.52. The lowest BCUT2D eigenvalue weighted by Gasteiger charge is -2.29. The second-order valence-corrected chi connectivity index (χ2v) is 11.4. The number of sulfonamides is 2. The van der Waals surface area contributed by atoms with Crippen molar-refractivity contribution in [2.24, 2.45) is 0 Å². The van der Waals surface area contributed by atoms with Crippen molar-refractivity contribution in [3.05, 3.63) is 121 Å². The first-order valence-corrected chi connectivity index (χ1v) is 13.3. The first kappa shape index (κ1) is 23.8. The highest BCUT2D eigenvalue weighted by atomic mass is 32.3. The maximum atomic E-state index is 14.5. The molecule has 34 heavy (non-hydrogen) atoms. The smallest absolute Gasteiger partial charge is 0.249 e. The average Bonchev–Trinajstić information content (AvgIpc) is 2.88. The standard InChI is InChI=1S/C26H22FNO4S2/c27-20-26(23-18-16-22(17-19-23)21-10-4-1-5-11-21)28(33(29,30)24-12-6-2-7-13-24)34(31,32)25-14-8-3-9-15-25/h1-19,26H,20H2. The Labute approximate surface area is 199 Å². The molecular formula is C26H22FNO4S2. The third-order valence-electron chi connectivity index (χ3n) is 5.36. The van der Waals surface area contributed by atoms with Crippen molar-refractivity contribution in [3.63, 3.8) is 0 Å². The summed E-state index contributed by atoms with van der Waals surface area (Å²) in [6.07, 6.45) is 0. The van der Waals surface area contributed by atoms with Gasteiger partial charge in [0.2, 0.25) is 0 Å². The van der Waals surface area contributed by atoms with E-state index < -0.39 is 32.8 Å². The molecule has 0 bridgehead atoms. The van der Waals surface area contributed by atoms with E-state index in [0.717, 1.165) is 11.1 Å². The maximum absolute atomic E-state index is 14.5. The van der Waals surface area contributed by atoms with Crippen LogP contribution in [-0.4, -0.2) is 27.2 Å². The van der Waals surface area contributed by atoms with Crippen molar-refractivity contribution >= 4 is 20.0 Å². The third-order valence-corrected chi connectivity index (χ3v) is 9.73. The highest BCUT2D eigenvalue weighted by Crippen LogP contribution is 2.35. The molecule has 0 aliphatic carbocycles. The summed E-state index contributed by atoms with van der Waals surface area (Å²) in [6, 6.07) is 28.8. The molecule has 5 nitrogen and oxygen atoms in total. The van der Waals surface area contributed by atoms with Crippen LogP contribution in [0.25, 0.3) is 11.1 Å². The quantitative estimate of drug-likeness (QED) is 0.326. The van der Waals surface area contributed by atoms with Crippen LogP contribution in [-0.2, 0) is 20.0 Å². The minimum absolute atomic E-state index is 0.223. The summed E-state index contributed by atoms with van der Waals surface area (Å²) in [7, 11) is -9.25. The number of nitrogens with zero attached hydrogens (tertiary/aromatic N) is 1. The van der Waals surface area contributed by atoms with Crippen LogP contribution in [0.2, 0.25) is 0 Å². The van der Waals surface area contributed by atoms with E-state index in [-0.39, 0.29) is 15.4 Å². The topological polar surface area (TPSA) is 71.5 Å². The molecule has 1 unspecified atom stereocenters. The van der Waals surface area contributed by atoms with Crippen LogP contribution in [0.15, 0.2) is 125 Å². The van der Waals surface area contributed by atoms with E-state index in [0.29, 0.717) is 3.71 Å². The fourth-order valence-corrected chi connectivity index (χ4v) is 7.65. The number of halogens is 1. The lowest BCUT2D eigenvalue weighted by Crippen LogP contribution is -2.40. The molecule has 4 rings (SSSR count). The summed E-state index contributed by atoms with van der Waals surface area (Å²) >= 11 is 0. The Hall–Kier alpha value is -3.33. The fraction of sp³-hybridized carbons (Fsp3) is 0.0769. The van der Waals surface area contributed by atoms with Gasteiger partial charge in [0, 0.05) is 0 Å². The molecule has 1 atom stereocenters. The van der Waals surface area contributed by atoms with Crippen molar-refractivity contribution < 1.29 is 21.2 Å². The molecule has 8 heteroatoms. The number of alkyl halides is 1. The van der Waals surface area contributed by atoms with Crippen molar-refractivity contribution in [2.75, 3.05) is 6.67 Å². The molecule has 0 saturated carbocycles. The van der Waals surface area contributed by atoms with Gasteiger partial charge < -0.3 is 0 Å². The van der Waals surface area contributed by atoms with E-state index in [1.54, 1.807) is 36.4 Å². The molecule has 0 fully saturated rings. The van der Waals surface area contributed by atoms with E-state index in [1.165, 1.54) is 48.5 Å². The predicted octanol–water partition coefficient (Wildman–Crippen LogP) is 5.44. The summed E-state index contributed by atoms with van der Waals surface area (Å²) < 4.78 is 69.2. The van der Waals surface area contributed by atoms with E-state index in [4.69, 9.17) is 0 Å². The minimum Gasteiger partial charge on any atom is -0.249 e. The van der Waals surface area contributed by atoms with Crippen molar-refractivity contribution in [2.45, 2.75) is 15.8 Å². The average molecular weight is 496 g/mol. The molecule has 4 aromatic carbocycles. The molecule has 0 N–H and O–H groups in total.